The first-order valence-electron chi connectivity index (χ1n) is 7.53. The Bertz CT molecular complexity index is 852. The minimum absolute atomic E-state index is 0.0426. The Morgan fingerprint density at radius 2 is 1.84 bits per heavy atom. The monoisotopic (exact) mass is 340 g/mol. The van der Waals surface area contributed by atoms with Gasteiger partial charge in [0.05, 0.1) is 11.2 Å². The Kier molecular flexibility index (Phi) is 4.74. The molecule has 0 spiro atoms. The molecule has 0 aliphatic heterocycles. The second kappa shape index (κ2) is 7.30. The van der Waals surface area contributed by atoms with Crippen molar-refractivity contribution in [3.8, 4) is 11.5 Å². The molecule has 9 nitrogen and oxygen atoms in total. The van der Waals surface area contributed by atoms with Crippen LogP contribution in [0.2, 0.25) is 0 Å². The molecule has 2 aromatic heterocycles. The molecule has 0 saturated carbocycles. The lowest BCUT2D eigenvalue weighted by molar-refractivity contribution is -0.383. The molecule has 0 fully saturated rings. The second-order valence-corrected chi connectivity index (χ2v) is 5.08. The van der Waals surface area contributed by atoms with Gasteiger partial charge in [0.15, 0.2) is 11.5 Å². The fraction of sp³-hybridized carbons (Fsp3) is 0.125. The summed E-state index contributed by atoms with van der Waals surface area (Å²) < 4.78 is 5.21. The van der Waals surface area contributed by atoms with Crippen molar-refractivity contribution in [1.29, 1.82) is 0 Å². The molecule has 0 unspecified atom stereocenters. The van der Waals surface area contributed by atoms with Gasteiger partial charge < -0.3 is 20.8 Å². The molecule has 0 radical (unpaired) electrons. The van der Waals surface area contributed by atoms with E-state index in [1.54, 1.807) is 12.1 Å². The van der Waals surface area contributed by atoms with Crippen LogP contribution in [-0.2, 0) is 0 Å². The molecule has 9 heteroatoms. The van der Waals surface area contributed by atoms with E-state index in [0.29, 0.717) is 13.1 Å². The third-order valence-corrected chi connectivity index (χ3v) is 3.36. The van der Waals surface area contributed by atoms with Gasteiger partial charge in [-0.05, 0) is 24.3 Å². The van der Waals surface area contributed by atoms with E-state index in [0.717, 1.165) is 5.69 Å². The first kappa shape index (κ1) is 16.2. The molecule has 1 aromatic carbocycles. The largest absolute Gasteiger partial charge is 0.462 e. The van der Waals surface area contributed by atoms with Crippen LogP contribution in [-0.4, -0.2) is 28.0 Å². The quantitative estimate of drug-likeness (QED) is 0.340. The van der Waals surface area contributed by atoms with Gasteiger partial charge in [-0.25, -0.2) is 4.98 Å². The molecule has 3 aromatic rings. The number of hydrogen-bond donors (Lipinski definition) is 3. The zero-order valence-electron chi connectivity index (χ0n) is 13.2. The Balaban J connectivity index is 1.77. The van der Waals surface area contributed by atoms with Crippen LogP contribution in [0.4, 0.5) is 23.1 Å². The number of furan rings is 1. The van der Waals surface area contributed by atoms with Crippen molar-refractivity contribution in [3.63, 3.8) is 0 Å². The maximum Gasteiger partial charge on any atom is 0.340 e. The maximum absolute atomic E-state index is 11.5. The SMILES string of the molecule is Nc1nc(NCCNc2ccccc2)c([N+](=O)[O-])c(-c2ccco2)n1. The highest BCUT2D eigenvalue weighted by atomic mass is 16.6. The summed E-state index contributed by atoms with van der Waals surface area (Å²) in [6.07, 6.45) is 1.41. The van der Waals surface area contributed by atoms with Crippen LogP contribution in [0.1, 0.15) is 0 Å². The summed E-state index contributed by atoms with van der Waals surface area (Å²) in [5.41, 5.74) is 6.41. The van der Waals surface area contributed by atoms with Gasteiger partial charge in [-0.15, -0.1) is 0 Å². The van der Waals surface area contributed by atoms with E-state index in [-0.39, 0.29) is 28.9 Å². The lowest BCUT2D eigenvalue weighted by Crippen LogP contribution is -2.16. The van der Waals surface area contributed by atoms with E-state index in [1.165, 1.54) is 6.26 Å². The summed E-state index contributed by atoms with van der Waals surface area (Å²) in [5, 5.41) is 17.6. The van der Waals surface area contributed by atoms with Gasteiger partial charge >= 0.3 is 5.69 Å². The number of nitrogens with two attached hydrogens (primary N) is 1. The molecule has 3 rings (SSSR count). The minimum atomic E-state index is -0.551. The molecule has 0 aliphatic carbocycles. The minimum Gasteiger partial charge on any atom is -0.462 e. The third kappa shape index (κ3) is 3.83. The number of benzene rings is 1. The Morgan fingerprint density at radius 1 is 1.08 bits per heavy atom. The fourth-order valence-electron chi connectivity index (χ4n) is 2.30. The number of rotatable bonds is 7. The Labute approximate surface area is 143 Å². The van der Waals surface area contributed by atoms with Crippen LogP contribution in [0.5, 0.6) is 0 Å². The molecule has 0 atom stereocenters. The predicted octanol–water partition coefficient (Wildman–Crippen LogP) is 2.75. The highest BCUT2D eigenvalue weighted by Crippen LogP contribution is 2.34. The standard InChI is InChI=1S/C16H16N6O3/c17-16-20-13(12-7-4-10-25-12)14(22(23)24)15(21-16)19-9-8-18-11-5-2-1-3-6-11/h1-7,10,18H,8-9H2,(H3,17,19,20,21). The molecule has 0 bridgehead atoms. The van der Waals surface area contributed by atoms with Crippen LogP contribution in [0.15, 0.2) is 53.1 Å². The number of aromatic nitrogens is 2. The topological polar surface area (TPSA) is 132 Å². The van der Waals surface area contributed by atoms with E-state index < -0.39 is 4.92 Å². The predicted molar refractivity (Wildman–Crippen MR) is 94.2 cm³/mol. The molecule has 0 amide bonds. The number of nitrogens with zero attached hydrogens (tertiary/aromatic N) is 3. The van der Waals surface area contributed by atoms with Crippen molar-refractivity contribution in [1.82, 2.24) is 9.97 Å². The van der Waals surface area contributed by atoms with Crippen molar-refractivity contribution < 1.29 is 9.34 Å². The van der Waals surface area contributed by atoms with Gasteiger partial charge in [0.2, 0.25) is 11.8 Å². The van der Waals surface area contributed by atoms with Crippen molar-refractivity contribution in [3.05, 3.63) is 58.8 Å². The number of nitro groups is 1. The number of para-hydroxylation sites is 1. The van der Waals surface area contributed by atoms with E-state index >= 15 is 0 Å². The summed E-state index contributed by atoms with van der Waals surface area (Å²) in [7, 11) is 0. The molecule has 0 aliphatic rings. The third-order valence-electron chi connectivity index (χ3n) is 3.36. The molecule has 4 N–H and O–H groups in total. The van der Waals surface area contributed by atoms with Gasteiger partial charge in [0, 0.05) is 18.8 Å². The zero-order chi connectivity index (χ0) is 17.6. The number of nitrogen functional groups attached to an aromatic ring is 1. The van der Waals surface area contributed by atoms with Gasteiger partial charge in [-0.1, -0.05) is 18.2 Å². The normalized spacial score (nSPS) is 10.4. The van der Waals surface area contributed by atoms with Crippen molar-refractivity contribution in [2.45, 2.75) is 0 Å². The lowest BCUT2D eigenvalue weighted by Gasteiger charge is -2.10. The van der Waals surface area contributed by atoms with E-state index in [2.05, 4.69) is 20.6 Å². The van der Waals surface area contributed by atoms with Crippen LogP contribution < -0.4 is 16.4 Å². The van der Waals surface area contributed by atoms with Crippen LogP contribution in [0.3, 0.4) is 0 Å². The fourth-order valence-corrected chi connectivity index (χ4v) is 2.30. The molecule has 128 valence electrons. The highest BCUT2D eigenvalue weighted by Gasteiger charge is 2.26. The van der Waals surface area contributed by atoms with Crippen LogP contribution in [0, 0.1) is 10.1 Å². The zero-order valence-corrected chi connectivity index (χ0v) is 13.2. The average Bonchev–Trinajstić information content (AvgIpc) is 3.13. The second-order valence-electron chi connectivity index (χ2n) is 5.08. The van der Waals surface area contributed by atoms with E-state index in [9.17, 15) is 10.1 Å². The van der Waals surface area contributed by atoms with E-state index in [4.69, 9.17) is 10.2 Å². The van der Waals surface area contributed by atoms with Gasteiger partial charge in [0.1, 0.15) is 0 Å². The smallest absolute Gasteiger partial charge is 0.340 e. The van der Waals surface area contributed by atoms with Crippen molar-refractivity contribution >= 4 is 23.1 Å². The highest BCUT2D eigenvalue weighted by molar-refractivity contribution is 5.75. The van der Waals surface area contributed by atoms with Gasteiger partial charge in [-0.2, -0.15) is 4.98 Å². The molecule has 0 saturated heterocycles. The molecule has 25 heavy (non-hydrogen) atoms. The molecule has 2 heterocycles. The summed E-state index contributed by atoms with van der Waals surface area (Å²) in [6, 6.07) is 12.8. The number of nitrogens with one attached hydrogen (secondary N) is 2. The van der Waals surface area contributed by atoms with Gasteiger partial charge in [-0.3, -0.25) is 10.1 Å². The summed E-state index contributed by atoms with van der Waals surface area (Å²) in [6.45, 7) is 0.949. The first-order valence-corrected chi connectivity index (χ1v) is 7.53. The Morgan fingerprint density at radius 3 is 2.52 bits per heavy atom. The van der Waals surface area contributed by atoms with E-state index in [1.807, 2.05) is 30.3 Å². The number of hydrogen-bond acceptors (Lipinski definition) is 8. The maximum atomic E-state index is 11.5. The van der Waals surface area contributed by atoms with Crippen molar-refractivity contribution in [2.24, 2.45) is 0 Å². The molecular weight excluding hydrogens is 324 g/mol. The van der Waals surface area contributed by atoms with Crippen LogP contribution >= 0.6 is 0 Å². The first-order chi connectivity index (χ1) is 12.1. The Hall–Kier alpha value is -3.62. The van der Waals surface area contributed by atoms with Crippen LogP contribution in [0.25, 0.3) is 11.5 Å². The summed E-state index contributed by atoms with van der Waals surface area (Å²) in [5.74, 6) is 0.237. The summed E-state index contributed by atoms with van der Waals surface area (Å²) >= 11 is 0. The number of anilines is 3. The molecular formula is C16H16N6O3. The summed E-state index contributed by atoms with van der Waals surface area (Å²) in [4.78, 5) is 18.8. The van der Waals surface area contributed by atoms with Gasteiger partial charge in [0.25, 0.3) is 0 Å². The lowest BCUT2D eigenvalue weighted by atomic mass is 10.2. The average molecular weight is 340 g/mol. The van der Waals surface area contributed by atoms with Crippen molar-refractivity contribution in [2.75, 3.05) is 29.5 Å².